The van der Waals surface area contributed by atoms with E-state index < -0.39 is 0 Å². The first kappa shape index (κ1) is 11.0. The second kappa shape index (κ2) is 4.53. The minimum Gasteiger partial charge on any atom is -0.368 e. The molecule has 0 fully saturated rings. The highest BCUT2D eigenvalue weighted by Gasteiger charge is 2.11. The molecular weight excluding hydrogens is 200 g/mol. The Morgan fingerprint density at radius 1 is 1.44 bits per heavy atom. The number of anilines is 1. The first-order valence-corrected chi connectivity index (χ1v) is 5.61. The summed E-state index contributed by atoms with van der Waals surface area (Å²) in [4.78, 5) is 4.25. The van der Waals surface area contributed by atoms with Crippen molar-refractivity contribution in [3.63, 3.8) is 0 Å². The van der Waals surface area contributed by atoms with E-state index in [0.717, 1.165) is 11.5 Å². The molecule has 2 aromatic heterocycles. The van der Waals surface area contributed by atoms with Gasteiger partial charge in [0.25, 0.3) is 0 Å². The van der Waals surface area contributed by atoms with Crippen LogP contribution in [0.3, 0.4) is 0 Å². The Bertz CT molecular complexity index is 463. The molecule has 0 aromatic carbocycles. The Balaban J connectivity index is 2.23. The Hall–Kier alpha value is -1.55. The average Bonchev–Trinajstić information content (AvgIpc) is 2.77. The lowest BCUT2D eigenvalue weighted by Crippen LogP contribution is -2.30. The van der Waals surface area contributed by atoms with Crippen molar-refractivity contribution in [3.8, 4) is 0 Å². The van der Waals surface area contributed by atoms with Crippen molar-refractivity contribution in [1.82, 2.24) is 9.38 Å². The number of nitrogens with one attached hydrogen (secondary N) is 1. The van der Waals surface area contributed by atoms with E-state index in [1.54, 1.807) is 6.20 Å². The third-order valence-electron chi connectivity index (χ3n) is 3.03. The molecule has 2 rings (SSSR count). The summed E-state index contributed by atoms with van der Waals surface area (Å²) in [5, 5.41) is 3.46. The van der Waals surface area contributed by atoms with Gasteiger partial charge in [0.2, 0.25) is 0 Å². The number of nitrogens with zero attached hydrogens (tertiary/aromatic N) is 2. The molecule has 4 nitrogen and oxygen atoms in total. The quantitative estimate of drug-likeness (QED) is 0.821. The van der Waals surface area contributed by atoms with E-state index in [-0.39, 0.29) is 0 Å². The standard InChI is InChI=1S/C12H18N4/c1-9(8-13)10(2)15-12-5-3-4-11-14-6-7-16(11)12/h3-7,9-10,15H,8,13H2,1-2H3. The Morgan fingerprint density at radius 3 is 3.00 bits per heavy atom. The van der Waals surface area contributed by atoms with Gasteiger partial charge in [0.15, 0.2) is 0 Å². The van der Waals surface area contributed by atoms with Gasteiger partial charge in [0.1, 0.15) is 11.5 Å². The number of hydrogen-bond donors (Lipinski definition) is 2. The average molecular weight is 218 g/mol. The van der Waals surface area contributed by atoms with Crippen molar-refractivity contribution < 1.29 is 0 Å². The van der Waals surface area contributed by atoms with Crippen molar-refractivity contribution in [1.29, 1.82) is 0 Å². The molecule has 0 aliphatic carbocycles. The zero-order chi connectivity index (χ0) is 11.5. The minimum absolute atomic E-state index is 0.345. The maximum Gasteiger partial charge on any atom is 0.138 e. The third kappa shape index (κ3) is 2.02. The van der Waals surface area contributed by atoms with Gasteiger partial charge in [-0.05, 0) is 31.5 Å². The number of aromatic nitrogens is 2. The predicted molar refractivity (Wildman–Crippen MR) is 66.5 cm³/mol. The molecular formula is C12H18N4. The third-order valence-corrected chi connectivity index (χ3v) is 3.03. The highest BCUT2D eigenvalue weighted by atomic mass is 15.1. The lowest BCUT2D eigenvalue weighted by atomic mass is 10.0. The summed E-state index contributed by atoms with van der Waals surface area (Å²) in [6.45, 7) is 4.98. The number of rotatable bonds is 4. The summed E-state index contributed by atoms with van der Waals surface area (Å²) in [5.74, 6) is 1.50. The van der Waals surface area contributed by atoms with Crippen molar-refractivity contribution in [3.05, 3.63) is 30.6 Å². The van der Waals surface area contributed by atoms with Crippen molar-refractivity contribution in [2.75, 3.05) is 11.9 Å². The number of fused-ring (bicyclic) bond motifs is 1. The summed E-state index contributed by atoms with van der Waals surface area (Å²) >= 11 is 0. The van der Waals surface area contributed by atoms with E-state index in [1.807, 2.05) is 22.7 Å². The molecule has 2 unspecified atom stereocenters. The van der Waals surface area contributed by atoms with Crippen LogP contribution < -0.4 is 11.1 Å². The molecule has 2 atom stereocenters. The normalized spacial score (nSPS) is 14.9. The molecule has 86 valence electrons. The molecule has 0 saturated carbocycles. The molecule has 16 heavy (non-hydrogen) atoms. The minimum atomic E-state index is 0.345. The topological polar surface area (TPSA) is 55.3 Å². The summed E-state index contributed by atoms with van der Waals surface area (Å²) in [7, 11) is 0. The van der Waals surface area contributed by atoms with Gasteiger partial charge >= 0.3 is 0 Å². The summed E-state index contributed by atoms with van der Waals surface area (Å²) in [6, 6.07) is 6.39. The molecule has 3 N–H and O–H groups in total. The first-order valence-electron chi connectivity index (χ1n) is 5.61. The van der Waals surface area contributed by atoms with E-state index in [0.29, 0.717) is 18.5 Å². The molecule has 0 radical (unpaired) electrons. The lowest BCUT2D eigenvalue weighted by molar-refractivity contribution is 0.519. The van der Waals surface area contributed by atoms with Gasteiger partial charge < -0.3 is 11.1 Å². The number of pyridine rings is 1. The molecule has 0 bridgehead atoms. The van der Waals surface area contributed by atoms with E-state index in [4.69, 9.17) is 5.73 Å². The molecule has 4 heteroatoms. The SMILES string of the molecule is CC(CN)C(C)Nc1cccc2nccn12. The number of hydrogen-bond acceptors (Lipinski definition) is 3. The Morgan fingerprint density at radius 2 is 2.25 bits per heavy atom. The fraction of sp³-hybridized carbons (Fsp3) is 0.417. The van der Waals surface area contributed by atoms with E-state index in [2.05, 4.69) is 30.2 Å². The fourth-order valence-corrected chi connectivity index (χ4v) is 1.64. The molecule has 0 aliphatic rings. The van der Waals surface area contributed by atoms with Gasteiger partial charge in [0.05, 0.1) is 0 Å². The van der Waals surface area contributed by atoms with Gasteiger partial charge in [0, 0.05) is 18.4 Å². The highest BCUT2D eigenvalue weighted by molar-refractivity contribution is 5.50. The largest absolute Gasteiger partial charge is 0.368 e. The van der Waals surface area contributed by atoms with E-state index in [9.17, 15) is 0 Å². The zero-order valence-electron chi connectivity index (χ0n) is 9.72. The van der Waals surface area contributed by atoms with Gasteiger partial charge in [-0.3, -0.25) is 4.40 Å². The number of nitrogens with two attached hydrogens (primary N) is 1. The maximum absolute atomic E-state index is 5.66. The maximum atomic E-state index is 5.66. The highest BCUT2D eigenvalue weighted by Crippen LogP contribution is 2.14. The summed E-state index contributed by atoms with van der Waals surface area (Å²) in [5.41, 5.74) is 6.62. The molecule has 0 saturated heterocycles. The van der Waals surface area contributed by atoms with E-state index >= 15 is 0 Å². The van der Waals surface area contributed by atoms with Crippen LogP contribution in [-0.2, 0) is 0 Å². The van der Waals surface area contributed by atoms with Gasteiger partial charge in [-0.1, -0.05) is 13.0 Å². The summed E-state index contributed by atoms with van der Waals surface area (Å²) in [6.07, 6.45) is 3.76. The van der Waals surface area contributed by atoms with E-state index in [1.165, 1.54) is 0 Å². The first-order chi connectivity index (χ1) is 7.72. The van der Waals surface area contributed by atoms with Crippen LogP contribution in [0.25, 0.3) is 5.65 Å². The Kier molecular flexibility index (Phi) is 3.10. The van der Waals surface area contributed by atoms with Crippen molar-refractivity contribution in [2.45, 2.75) is 19.9 Å². The van der Waals surface area contributed by atoms with Crippen LogP contribution in [0.4, 0.5) is 5.82 Å². The molecule has 0 amide bonds. The fourth-order valence-electron chi connectivity index (χ4n) is 1.64. The van der Waals surface area contributed by atoms with Crippen molar-refractivity contribution in [2.24, 2.45) is 11.7 Å². The van der Waals surface area contributed by atoms with Crippen LogP contribution in [0.2, 0.25) is 0 Å². The second-order valence-corrected chi connectivity index (χ2v) is 4.21. The van der Waals surface area contributed by atoms with Gasteiger partial charge in [-0.2, -0.15) is 0 Å². The lowest BCUT2D eigenvalue weighted by Gasteiger charge is -2.21. The molecule has 2 aromatic rings. The van der Waals surface area contributed by atoms with Crippen LogP contribution in [0.15, 0.2) is 30.6 Å². The number of imidazole rings is 1. The van der Waals surface area contributed by atoms with Crippen LogP contribution in [0, 0.1) is 5.92 Å². The van der Waals surface area contributed by atoms with Crippen molar-refractivity contribution >= 4 is 11.5 Å². The van der Waals surface area contributed by atoms with Crippen LogP contribution in [0.5, 0.6) is 0 Å². The van der Waals surface area contributed by atoms with Crippen LogP contribution in [0.1, 0.15) is 13.8 Å². The zero-order valence-corrected chi connectivity index (χ0v) is 9.72. The molecule has 2 heterocycles. The molecule has 0 spiro atoms. The van der Waals surface area contributed by atoms with Crippen LogP contribution >= 0.6 is 0 Å². The smallest absolute Gasteiger partial charge is 0.138 e. The molecule has 0 aliphatic heterocycles. The van der Waals surface area contributed by atoms with Gasteiger partial charge in [-0.15, -0.1) is 0 Å². The van der Waals surface area contributed by atoms with Gasteiger partial charge in [-0.25, -0.2) is 4.98 Å². The monoisotopic (exact) mass is 218 g/mol. The Labute approximate surface area is 95.5 Å². The van der Waals surface area contributed by atoms with Crippen LogP contribution in [-0.4, -0.2) is 22.0 Å². The predicted octanol–water partition coefficient (Wildman–Crippen LogP) is 1.73. The summed E-state index contributed by atoms with van der Waals surface area (Å²) < 4.78 is 2.04. The second-order valence-electron chi connectivity index (χ2n) is 4.21.